The van der Waals surface area contributed by atoms with Crippen molar-refractivity contribution in [2.45, 2.75) is 53.0 Å². The Morgan fingerprint density at radius 3 is 2.54 bits per heavy atom. The van der Waals surface area contributed by atoms with E-state index in [0.29, 0.717) is 12.0 Å². The molecule has 0 saturated carbocycles. The molecule has 0 radical (unpaired) electrons. The molecule has 0 amide bonds. The average Bonchev–Trinajstić information content (AvgIpc) is 3.37. The third-order valence-corrected chi connectivity index (χ3v) is 5.21. The zero-order chi connectivity index (χ0) is 20.3. The van der Waals surface area contributed by atoms with Crippen LogP contribution in [0.4, 0.5) is 0 Å². The van der Waals surface area contributed by atoms with E-state index in [9.17, 15) is 0 Å². The van der Waals surface area contributed by atoms with E-state index >= 15 is 0 Å². The summed E-state index contributed by atoms with van der Waals surface area (Å²) < 4.78 is 2.05. The van der Waals surface area contributed by atoms with Gasteiger partial charge in [-0.05, 0) is 45.4 Å². The zero-order valence-electron chi connectivity index (χ0n) is 17.7. The fraction of sp³-hybridized carbons (Fsp3) is 0.435. The number of allylic oxidation sites excluding steroid dienone is 1. The minimum Gasteiger partial charge on any atom is -0.375 e. The summed E-state index contributed by atoms with van der Waals surface area (Å²) in [5.74, 6) is 0.443. The minimum absolute atomic E-state index is 0.329. The maximum Gasteiger partial charge on any atom is 0.0930 e. The summed E-state index contributed by atoms with van der Waals surface area (Å²) in [6, 6.07) is 10.9. The molecule has 0 spiro atoms. The van der Waals surface area contributed by atoms with Crippen molar-refractivity contribution >= 4 is 10.9 Å². The van der Waals surface area contributed by atoms with Crippen LogP contribution in [0.25, 0.3) is 22.2 Å². The van der Waals surface area contributed by atoms with E-state index < -0.39 is 0 Å². The van der Waals surface area contributed by atoms with E-state index in [-0.39, 0.29) is 0 Å². The quantitative estimate of drug-likeness (QED) is 0.609. The van der Waals surface area contributed by atoms with Gasteiger partial charge in [0.05, 0.1) is 23.1 Å². The SMILES string of the molecule is C=C(C)N1CCC(c2ccc(-c3ccc4cnn(C(C)C)c4c3)nn2)C1.CC. The maximum absolute atomic E-state index is 4.53. The maximum atomic E-state index is 4.53. The molecule has 0 N–H and O–H groups in total. The third kappa shape index (κ3) is 3.93. The van der Waals surface area contributed by atoms with Crippen molar-refractivity contribution in [2.24, 2.45) is 0 Å². The molecule has 3 heterocycles. The monoisotopic (exact) mass is 377 g/mol. The molecular formula is C23H31N5. The first-order valence-corrected chi connectivity index (χ1v) is 10.2. The smallest absolute Gasteiger partial charge is 0.0930 e. The number of hydrogen-bond donors (Lipinski definition) is 0. The Morgan fingerprint density at radius 2 is 1.93 bits per heavy atom. The van der Waals surface area contributed by atoms with Gasteiger partial charge in [-0.15, -0.1) is 0 Å². The molecule has 1 unspecified atom stereocenters. The number of likely N-dealkylation sites (tertiary alicyclic amines) is 1. The van der Waals surface area contributed by atoms with E-state index in [1.807, 2.05) is 24.7 Å². The van der Waals surface area contributed by atoms with Crippen LogP contribution in [-0.4, -0.2) is 38.0 Å². The van der Waals surface area contributed by atoms with Crippen LogP contribution in [0.5, 0.6) is 0 Å². The van der Waals surface area contributed by atoms with Gasteiger partial charge < -0.3 is 4.90 Å². The number of aromatic nitrogens is 4. The summed E-state index contributed by atoms with van der Waals surface area (Å²) in [5, 5.41) is 14.7. The van der Waals surface area contributed by atoms with Crippen LogP contribution < -0.4 is 0 Å². The Hall–Kier alpha value is -2.69. The summed E-state index contributed by atoms with van der Waals surface area (Å²) in [6.45, 7) is 16.4. The van der Waals surface area contributed by atoms with Gasteiger partial charge in [-0.25, -0.2) is 0 Å². The van der Waals surface area contributed by atoms with Gasteiger partial charge in [0.15, 0.2) is 0 Å². The number of benzene rings is 1. The number of nitrogens with zero attached hydrogens (tertiary/aromatic N) is 5. The second-order valence-electron chi connectivity index (χ2n) is 7.47. The van der Waals surface area contributed by atoms with Crippen LogP contribution >= 0.6 is 0 Å². The summed E-state index contributed by atoms with van der Waals surface area (Å²) in [4.78, 5) is 2.32. The van der Waals surface area contributed by atoms with Gasteiger partial charge in [-0.3, -0.25) is 4.68 Å². The molecule has 0 aliphatic carbocycles. The number of rotatable bonds is 4. The molecule has 3 aromatic rings. The van der Waals surface area contributed by atoms with E-state index in [1.165, 1.54) is 0 Å². The summed E-state index contributed by atoms with van der Waals surface area (Å²) in [5.41, 5.74) is 5.32. The summed E-state index contributed by atoms with van der Waals surface area (Å²) in [7, 11) is 0. The van der Waals surface area contributed by atoms with Crippen molar-refractivity contribution in [3.05, 3.63) is 54.5 Å². The Kier molecular flexibility index (Phi) is 6.12. The van der Waals surface area contributed by atoms with Crippen molar-refractivity contribution < 1.29 is 0 Å². The fourth-order valence-electron chi connectivity index (χ4n) is 3.67. The normalized spacial score (nSPS) is 16.4. The molecule has 4 rings (SSSR count). The Bertz CT molecular complexity index is 939. The molecule has 5 nitrogen and oxygen atoms in total. The third-order valence-electron chi connectivity index (χ3n) is 5.21. The van der Waals surface area contributed by atoms with E-state index in [4.69, 9.17) is 0 Å². The Balaban J connectivity index is 0.00000109. The highest BCUT2D eigenvalue weighted by atomic mass is 15.3. The molecule has 1 aliphatic rings. The first-order valence-electron chi connectivity index (χ1n) is 10.2. The second-order valence-corrected chi connectivity index (χ2v) is 7.47. The van der Waals surface area contributed by atoms with E-state index in [1.54, 1.807) is 0 Å². The fourth-order valence-corrected chi connectivity index (χ4v) is 3.67. The molecule has 1 atom stereocenters. The number of hydrogen-bond acceptors (Lipinski definition) is 4. The van der Waals surface area contributed by atoms with Gasteiger partial charge >= 0.3 is 0 Å². The van der Waals surface area contributed by atoms with Gasteiger partial charge in [0, 0.05) is 41.7 Å². The molecule has 28 heavy (non-hydrogen) atoms. The molecule has 2 aromatic heterocycles. The summed E-state index contributed by atoms with van der Waals surface area (Å²) in [6.07, 6.45) is 3.03. The molecule has 1 fully saturated rings. The highest BCUT2D eigenvalue weighted by Crippen LogP contribution is 2.29. The number of fused-ring (bicyclic) bond motifs is 1. The van der Waals surface area contributed by atoms with Crippen LogP contribution in [0.15, 0.2) is 48.8 Å². The van der Waals surface area contributed by atoms with E-state index in [2.05, 4.69) is 77.9 Å². The molecule has 0 bridgehead atoms. The predicted molar refractivity (Wildman–Crippen MR) is 116 cm³/mol. The average molecular weight is 378 g/mol. The molecule has 1 aromatic carbocycles. The van der Waals surface area contributed by atoms with Crippen molar-refractivity contribution in [3.8, 4) is 11.3 Å². The lowest BCUT2D eigenvalue weighted by molar-refractivity contribution is 0.422. The van der Waals surface area contributed by atoms with Gasteiger partial charge in [-0.2, -0.15) is 15.3 Å². The van der Waals surface area contributed by atoms with Crippen LogP contribution in [0, 0.1) is 0 Å². The van der Waals surface area contributed by atoms with Crippen molar-refractivity contribution in [2.75, 3.05) is 13.1 Å². The van der Waals surface area contributed by atoms with Crippen LogP contribution in [0.2, 0.25) is 0 Å². The van der Waals surface area contributed by atoms with Gasteiger partial charge in [0.2, 0.25) is 0 Å². The van der Waals surface area contributed by atoms with Crippen molar-refractivity contribution in [1.82, 2.24) is 24.9 Å². The molecule has 1 saturated heterocycles. The lowest BCUT2D eigenvalue weighted by atomic mass is 10.0. The first kappa shape index (κ1) is 20.1. The van der Waals surface area contributed by atoms with Crippen LogP contribution in [0.3, 0.4) is 0 Å². The lowest BCUT2D eigenvalue weighted by Gasteiger charge is -2.17. The van der Waals surface area contributed by atoms with Gasteiger partial charge in [0.1, 0.15) is 0 Å². The van der Waals surface area contributed by atoms with Crippen molar-refractivity contribution in [3.63, 3.8) is 0 Å². The van der Waals surface area contributed by atoms with Gasteiger partial charge in [0.25, 0.3) is 0 Å². The Labute approximate surface area is 168 Å². The topological polar surface area (TPSA) is 46.8 Å². The zero-order valence-corrected chi connectivity index (χ0v) is 17.7. The van der Waals surface area contributed by atoms with Crippen LogP contribution in [0.1, 0.15) is 58.7 Å². The Morgan fingerprint density at radius 1 is 1.14 bits per heavy atom. The standard InChI is InChI=1S/C21H25N5.C2H6/c1-14(2)25-10-9-18(13-25)20-8-7-19(23-24-20)16-5-6-17-12-22-26(15(3)4)21(17)11-16;1-2/h5-8,11-12,15,18H,1,9-10,13H2,2-4H3;1-2H3. The summed E-state index contributed by atoms with van der Waals surface area (Å²) >= 11 is 0. The van der Waals surface area contributed by atoms with E-state index in [0.717, 1.165) is 53.1 Å². The van der Waals surface area contributed by atoms with Gasteiger partial charge in [-0.1, -0.05) is 32.6 Å². The first-order chi connectivity index (χ1) is 13.5. The van der Waals surface area contributed by atoms with Crippen molar-refractivity contribution in [1.29, 1.82) is 0 Å². The predicted octanol–water partition coefficient (Wildman–Crippen LogP) is 5.42. The highest BCUT2D eigenvalue weighted by molar-refractivity contribution is 5.83. The molecule has 148 valence electrons. The second kappa shape index (κ2) is 8.55. The molecule has 1 aliphatic heterocycles. The largest absolute Gasteiger partial charge is 0.375 e. The molecular weight excluding hydrogens is 346 g/mol. The highest BCUT2D eigenvalue weighted by Gasteiger charge is 2.24. The minimum atomic E-state index is 0.329. The van der Waals surface area contributed by atoms with Crippen LogP contribution in [-0.2, 0) is 0 Å². The molecule has 5 heteroatoms. The lowest BCUT2D eigenvalue weighted by Crippen LogP contribution is -2.17.